The molecule has 1 heterocycles. The summed E-state index contributed by atoms with van der Waals surface area (Å²) < 4.78 is 5.41. The highest BCUT2D eigenvalue weighted by atomic mass is 16.6. The van der Waals surface area contributed by atoms with Crippen LogP contribution in [0.3, 0.4) is 0 Å². The Morgan fingerprint density at radius 1 is 1.41 bits per heavy atom. The molecular formula is C14H16N2O6. The van der Waals surface area contributed by atoms with E-state index in [0.29, 0.717) is 18.7 Å². The van der Waals surface area contributed by atoms with Crippen LogP contribution in [-0.2, 0) is 14.3 Å². The van der Waals surface area contributed by atoms with Crippen molar-refractivity contribution in [2.45, 2.75) is 25.4 Å². The number of hydrogen-bond acceptors (Lipinski definition) is 5. The van der Waals surface area contributed by atoms with Gasteiger partial charge < -0.3 is 15.2 Å². The fourth-order valence-electron chi connectivity index (χ4n) is 2.40. The molecule has 0 saturated carbocycles. The van der Waals surface area contributed by atoms with Crippen molar-refractivity contribution in [2.75, 3.05) is 11.9 Å². The zero-order valence-corrected chi connectivity index (χ0v) is 11.7. The maximum absolute atomic E-state index is 12.3. The lowest BCUT2D eigenvalue weighted by atomic mass is 9.95. The second-order valence-electron chi connectivity index (χ2n) is 5.05. The van der Waals surface area contributed by atoms with Crippen molar-refractivity contribution in [2.24, 2.45) is 5.92 Å². The molecule has 2 rings (SSSR count). The van der Waals surface area contributed by atoms with Gasteiger partial charge in [0.15, 0.2) is 0 Å². The van der Waals surface area contributed by atoms with E-state index in [1.807, 2.05) is 0 Å². The topological polar surface area (TPSA) is 119 Å². The Labute approximate surface area is 126 Å². The molecule has 2 atom stereocenters. The Morgan fingerprint density at radius 3 is 2.59 bits per heavy atom. The van der Waals surface area contributed by atoms with E-state index in [1.54, 1.807) is 0 Å². The third kappa shape index (κ3) is 4.01. The van der Waals surface area contributed by atoms with Crippen molar-refractivity contribution in [3.05, 3.63) is 34.4 Å². The number of benzene rings is 1. The number of amides is 1. The summed E-state index contributed by atoms with van der Waals surface area (Å²) in [7, 11) is 0. The van der Waals surface area contributed by atoms with Crippen LogP contribution in [0.25, 0.3) is 0 Å². The maximum atomic E-state index is 12.3. The minimum absolute atomic E-state index is 0.0841. The van der Waals surface area contributed by atoms with Crippen molar-refractivity contribution in [3.8, 4) is 0 Å². The number of nitrogens with zero attached hydrogens (tertiary/aromatic N) is 1. The number of non-ortho nitro benzene ring substituents is 1. The predicted molar refractivity (Wildman–Crippen MR) is 76.4 cm³/mol. The highest BCUT2D eigenvalue weighted by Crippen LogP contribution is 2.25. The van der Waals surface area contributed by atoms with Crippen molar-refractivity contribution in [1.29, 1.82) is 0 Å². The first-order valence-electron chi connectivity index (χ1n) is 6.86. The van der Waals surface area contributed by atoms with Gasteiger partial charge in [-0.25, -0.2) is 0 Å². The van der Waals surface area contributed by atoms with Crippen molar-refractivity contribution < 1.29 is 24.4 Å². The van der Waals surface area contributed by atoms with E-state index in [4.69, 9.17) is 9.84 Å². The van der Waals surface area contributed by atoms with Crippen molar-refractivity contribution in [1.82, 2.24) is 0 Å². The lowest BCUT2D eigenvalue weighted by Gasteiger charge is -2.20. The molecule has 0 bridgehead atoms. The van der Waals surface area contributed by atoms with Crippen LogP contribution in [0.15, 0.2) is 24.3 Å². The molecule has 118 valence electrons. The Balaban J connectivity index is 2.06. The number of rotatable bonds is 6. The third-order valence-electron chi connectivity index (χ3n) is 3.49. The summed E-state index contributed by atoms with van der Waals surface area (Å²) >= 11 is 0. The number of carboxylic acids is 1. The van der Waals surface area contributed by atoms with E-state index in [2.05, 4.69) is 5.32 Å². The molecule has 22 heavy (non-hydrogen) atoms. The van der Waals surface area contributed by atoms with Crippen LogP contribution in [-0.4, -0.2) is 34.6 Å². The average Bonchev–Trinajstić information content (AvgIpc) is 2.99. The standard InChI is InChI=1S/C14H16N2O6/c17-13(18)8-11(12-2-1-7-22-12)14(19)15-9-3-5-10(6-4-9)16(20)21/h3-6,11-12H,1-2,7-8H2,(H,15,19)(H,17,18)/t11-,12+/m1/s1. The largest absolute Gasteiger partial charge is 0.481 e. The van der Waals surface area contributed by atoms with Crippen LogP contribution in [0.4, 0.5) is 11.4 Å². The lowest BCUT2D eigenvalue weighted by molar-refractivity contribution is -0.384. The summed E-state index contributed by atoms with van der Waals surface area (Å²) in [5.74, 6) is -2.31. The van der Waals surface area contributed by atoms with Gasteiger partial charge in [0, 0.05) is 24.4 Å². The molecule has 1 amide bonds. The van der Waals surface area contributed by atoms with E-state index < -0.39 is 28.8 Å². The van der Waals surface area contributed by atoms with E-state index in [1.165, 1.54) is 24.3 Å². The van der Waals surface area contributed by atoms with Crippen LogP contribution < -0.4 is 5.32 Å². The van der Waals surface area contributed by atoms with Crippen LogP contribution in [0, 0.1) is 16.0 Å². The van der Waals surface area contributed by atoms with Gasteiger partial charge in [0.25, 0.3) is 5.69 Å². The summed E-state index contributed by atoms with van der Waals surface area (Å²) in [4.78, 5) is 33.2. The Morgan fingerprint density at radius 2 is 2.09 bits per heavy atom. The van der Waals surface area contributed by atoms with Gasteiger partial charge in [0.1, 0.15) is 0 Å². The Hall–Kier alpha value is -2.48. The molecule has 0 unspecified atom stereocenters. The normalized spacial score (nSPS) is 18.6. The Bertz CT molecular complexity index is 565. The van der Waals surface area contributed by atoms with Crippen LogP contribution in [0.1, 0.15) is 19.3 Å². The second-order valence-corrected chi connectivity index (χ2v) is 5.05. The summed E-state index contributed by atoms with van der Waals surface area (Å²) in [6.07, 6.45) is 0.718. The highest BCUT2D eigenvalue weighted by molar-refractivity contribution is 5.94. The third-order valence-corrected chi connectivity index (χ3v) is 3.49. The number of carbonyl (C=O) groups is 2. The molecule has 0 radical (unpaired) electrons. The number of nitro groups is 1. The molecule has 2 N–H and O–H groups in total. The number of hydrogen-bond donors (Lipinski definition) is 2. The van der Waals surface area contributed by atoms with E-state index >= 15 is 0 Å². The molecule has 1 saturated heterocycles. The minimum atomic E-state index is -1.07. The monoisotopic (exact) mass is 308 g/mol. The van der Waals surface area contributed by atoms with Crippen molar-refractivity contribution in [3.63, 3.8) is 0 Å². The first kappa shape index (κ1) is 15.9. The summed E-state index contributed by atoms with van der Waals surface area (Å²) in [5, 5.41) is 22.1. The van der Waals surface area contributed by atoms with E-state index in [-0.39, 0.29) is 12.1 Å². The highest BCUT2D eigenvalue weighted by Gasteiger charge is 2.33. The van der Waals surface area contributed by atoms with Crippen LogP contribution >= 0.6 is 0 Å². The van der Waals surface area contributed by atoms with Gasteiger partial charge in [-0.15, -0.1) is 0 Å². The number of nitro benzene ring substituents is 1. The molecule has 8 nitrogen and oxygen atoms in total. The van der Waals surface area contributed by atoms with Gasteiger partial charge >= 0.3 is 5.97 Å². The number of nitrogens with one attached hydrogen (secondary N) is 1. The molecular weight excluding hydrogens is 292 g/mol. The van der Waals surface area contributed by atoms with Gasteiger partial charge in [0.2, 0.25) is 5.91 Å². The van der Waals surface area contributed by atoms with E-state index in [0.717, 1.165) is 6.42 Å². The summed E-state index contributed by atoms with van der Waals surface area (Å²) in [5.41, 5.74) is 0.295. The number of anilines is 1. The number of aliphatic carboxylic acids is 1. The molecule has 0 spiro atoms. The molecule has 0 aliphatic carbocycles. The maximum Gasteiger partial charge on any atom is 0.304 e. The SMILES string of the molecule is O=C(O)C[C@@H](C(=O)Nc1ccc([N+](=O)[O-])cc1)[C@@H]1CCCO1. The van der Waals surface area contributed by atoms with Gasteiger partial charge in [-0.1, -0.05) is 0 Å². The summed E-state index contributed by atoms with van der Waals surface area (Å²) in [6.45, 7) is 0.519. The second kappa shape index (κ2) is 6.99. The zero-order chi connectivity index (χ0) is 16.1. The quantitative estimate of drug-likeness (QED) is 0.611. The van der Waals surface area contributed by atoms with Gasteiger partial charge in [0.05, 0.1) is 23.4 Å². The fraction of sp³-hybridized carbons (Fsp3) is 0.429. The Kier molecular flexibility index (Phi) is 5.05. The van der Waals surface area contributed by atoms with Crippen LogP contribution in [0.5, 0.6) is 0 Å². The summed E-state index contributed by atoms with van der Waals surface area (Å²) in [6, 6.07) is 5.36. The minimum Gasteiger partial charge on any atom is -0.481 e. The molecule has 1 fully saturated rings. The molecule has 1 aliphatic heterocycles. The average molecular weight is 308 g/mol. The predicted octanol–water partition coefficient (Wildman–Crippen LogP) is 1.80. The lowest BCUT2D eigenvalue weighted by Crippen LogP contribution is -2.34. The fourth-order valence-corrected chi connectivity index (χ4v) is 2.40. The first-order valence-corrected chi connectivity index (χ1v) is 6.86. The smallest absolute Gasteiger partial charge is 0.304 e. The van der Waals surface area contributed by atoms with E-state index in [9.17, 15) is 19.7 Å². The molecule has 1 aromatic carbocycles. The van der Waals surface area contributed by atoms with Crippen LogP contribution in [0.2, 0.25) is 0 Å². The number of carbonyl (C=O) groups excluding carboxylic acids is 1. The first-order chi connectivity index (χ1) is 10.5. The number of carboxylic acid groups (broad SMARTS) is 1. The van der Waals surface area contributed by atoms with Gasteiger partial charge in [-0.3, -0.25) is 19.7 Å². The molecule has 1 aromatic rings. The van der Waals surface area contributed by atoms with Gasteiger partial charge in [-0.05, 0) is 25.0 Å². The van der Waals surface area contributed by atoms with Gasteiger partial charge in [-0.2, -0.15) is 0 Å². The molecule has 0 aromatic heterocycles. The number of ether oxygens (including phenoxy) is 1. The van der Waals surface area contributed by atoms with Crippen molar-refractivity contribution >= 4 is 23.3 Å². The zero-order valence-electron chi connectivity index (χ0n) is 11.7. The molecule has 1 aliphatic rings. The molecule has 8 heteroatoms.